The van der Waals surface area contributed by atoms with Crippen LogP contribution < -0.4 is 16.4 Å². The van der Waals surface area contributed by atoms with Crippen LogP contribution in [0.25, 0.3) is 0 Å². The molecule has 214 valence electrons. The highest BCUT2D eigenvalue weighted by atomic mass is 35.5. The molecule has 11 heteroatoms. The summed E-state index contributed by atoms with van der Waals surface area (Å²) in [5, 5.41) is 4.76. The molecule has 0 saturated heterocycles. The van der Waals surface area contributed by atoms with Gasteiger partial charge in [0.1, 0.15) is 12.1 Å². The summed E-state index contributed by atoms with van der Waals surface area (Å²) in [6, 6.07) is 16.6. The molecule has 41 heavy (non-hydrogen) atoms. The van der Waals surface area contributed by atoms with Crippen molar-refractivity contribution in [3.05, 3.63) is 99.3 Å². The highest BCUT2D eigenvalue weighted by Gasteiger charge is 2.36. The molecule has 2 atom stereocenters. The summed E-state index contributed by atoms with van der Waals surface area (Å²) < 4.78 is 13.8. The summed E-state index contributed by atoms with van der Waals surface area (Å²) in [5.74, 6) is -2.47. The first-order chi connectivity index (χ1) is 19.7. The van der Waals surface area contributed by atoms with Crippen molar-refractivity contribution in [3.8, 4) is 0 Å². The fourth-order valence-electron chi connectivity index (χ4n) is 4.71. The Kier molecular flexibility index (Phi) is 10.1. The number of benzene rings is 3. The fourth-order valence-corrected chi connectivity index (χ4v) is 5.20. The Morgan fingerprint density at radius 3 is 2.24 bits per heavy atom. The van der Waals surface area contributed by atoms with Gasteiger partial charge in [-0.2, -0.15) is 0 Å². The largest absolute Gasteiger partial charge is 0.342 e. The van der Waals surface area contributed by atoms with Crippen LogP contribution in [0.3, 0.4) is 0 Å². The zero-order valence-electron chi connectivity index (χ0n) is 22.0. The molecule has 3 aromatic rings. The number of carbonyl (C=O) groups excluding carboxylic acids is 4. The van der Waals surface area contributed by atoms with Crippen molar-refractivity contribution in [1.82, 2.24) is 10.2 Å². The first-order valence-electron chi connectivity index (χ1n) is 13.1. The van der Waals surface area contributed by atoms with Crippen molar-refractivity contribution in [2.45, 2.75) is 44.3 Å². The number of amides is 3. The molecule has 3 amide bonds. The summed E-state index contributed by atoms with van der Waals surface area (Å²) in [4.78, 5) is 54.1. The van der Waals surface area contributed by atoms with Gasteiger partial charge in [0.25, 0.3) is 0 Å². The zero-order valence-corrected chi connectivity index (χ0v) is 23.6. The van der Waals surface area contributed by atoms with Crippen LogP contribution in [0, 0.1) is 5.82 Å². The number of Topliss-reactive ketones (excluding diaryl/α,β-unsaturated/α-hetero) is 1. The summed E-state index contributed by atoms with van der Waals surface area (Å²) >= 11 is 11.7. The second kappa shape index (κ2) is 13.7. The van der Waals surface area contributed by atoms with Crippen LogP contribution >= 0.6 is 23.2 Å². The van der Waals surface area contributed by atoms with Crippen LogP contribution in [0.15, 0.2) is 66.7 Å². The molecule has 0 bridgehead atoms. The van der Waals surface area contributed by atoms with Crippen LogP contribution in [0.1, 0.15) is 40.7 Å². The molecule has 1 aliphatic heterocycles. The van der Waals surface area contributed by atoms with Crippen molar-refractivity contribution in [3.63, 3.8) is 0 Å². The topological polar surface area (TPSA) is 122 Å². The molecule has 4 rings (SSSR count). The van der Waals surface area contributed by atoms with Crippen molar-refractivity contribution in [1.29, 1.82) is 0 Å². The molecule has 0 fully saturated rings. The van der Waals surface area contributed by atoms with Crippen LogP contribution in [0.4, 0.5) is 10.1 Å². The second-order valence-electron chi connectivity index (χ2n) is 9.68. The van der Waals surface area contributed by atoms with Crippen LogP contribution in [0.2, 0.25) is 10.0 Å². The summed E-state index contributed by atoms with van der Waals surface area (Å²) in [7, 11) is 0. The molecule has 0 aliphatic carbocycles. The predicted molar refractivity (Wildman–Crippen MR) is 155 cm³/mol. The third-order valence-corrected chi connectivity index (χ3v) is 7.42. The van der Waals surface area contributed by atoms with E-state index in [2.05, 4.69) is 10.6 Å². The van der Waals surface area contributed by atoms with Crippen molar-refractivity contribution >= 4 is 52.4 Å². The van der Waals surface area contributed by atoms with E-state index in [0.29, 0.717) is 5.56 Å². The van der Waals surface area contributed by atoms with Gasteiger partial charge in [-0.1, -0.05) is 77.8 Å². The van der Waals surface area contributed by atoms with Crippen LogP contribution in [-0.4, -0.2) is 47.0 Å². The summed E-state index contributed by atoms with van der Waals surface area (Å²) in [6.07, 6.45) is 0.262. The lowest BCUT2D eigenvalue weighted by Crippen LogP contribution is -2.56. The van der Waals surface area contributed by atoms with E-state index in [-0.39, 0.29) is 66.2 Å². The first-order valence-corrected chi connectivity index (χ1v) is 13.8. The maximum Gasteiger partial charge on any atom is 0.247 e. The minimum Gasteiger partial charge on any atom is -0.342 e. The predicted octanol–water partition coefficient (Wildman–Crippen LogP) is 4.52. The van der Waals surface area contributed by atoms with Crippen molar-refractivity contribution in [2.75, 3.05) is 11.9 Å². The average Bonchev–Trinajstić information content (AvgIpc) is 2.97. The van der Waals surface area contributed by atoms with Crippen molar-refractivity contribution in [2.24, 2.45) is 5.73 Å². The van der Waals surface area contributed by atoms with Gasteiger partial charge in [0, 0.05) is 37.1 Å². The minimum atomic E-state index is -1.05. The SMILES string of the molecule is NCC[C@H](NC(=O)[C@@H]1Cc2ccccc2CN1C(=O)CCC(=O)c1ccccc1)C(=O)Nc1cc(Cl)c(F)c(Cl)c1. The molecule has 0 aromatic heterocycles. The highest BCUT2D eigenvalue weighted by Crippen LogP contribution is 2.28. The van der Waals surface area contributed by atoms with Gasteiger partial charge in [0.2, 0.25) is 17.7 Å². The molecule has 0 unspecified atom stereocenters. The van der Waals surface area contributed by atoms with Gasteiger partial charge in [-0.3, -0.25) is 19.2 Å². The highest BCUT2D eigenvalue weighted by molar-refractivity contribution is 6.35. The molecule has 4 N–H and O–H groups in total. The Bertz CT molecular complexity index is 1430. The number of halogens is 3. The van der Waals surface area contributed by atoms with E-state index in [4.69, 9.17) is 28.9 Å². The number of fused-ring (bicyclic) bond motifs is 1. The number of rotatable bonds is 10. The lowest BCUT2D eigenvalue weighted by molar-refractivity contribution is -0.142. The number of hydrogen-bond acceptors (Lipinski definition) is 5. The average molecular weight is 599 g/mol. The van der Waals surface area contributed by atoms with Gasteiger partial charge >= 0.3 is 0 Å². The second-order valence-corrected chi connectivity index (χ2v) is 10.5. The number of hydrogen-bond donors (Lipinski definition) is 3. The number of nitrogens with zero attached hydrogens (tertiary/aromatic N) is 1. The van der Waals surface area contributed by atoms with E-state index in [0.717, 1.165) is 11.1 Å². The standard InChI is InChI=1S/C30H29Cl2FN4O4/c31-22-15-21(16-23(32)28(22)33)35-29(40)24(12-13-34)36-30(41)25-14-19-8-4-5-9-20(19)17-37(25)27(39)11-10-26(38)18-6-2-1-3-7-18/h1-9,15-16,24-25H,10-14,17,34H2,(H,35,40)(H,36,41)/t24-,25-/m0/s1. The molecule has 8 nitrogen and oxygen atoms in total. The molecular weight excluding hydrogens is 570 g/mol. The van der Waals surface area contributed by atoms with E-state index >= 15 is 0 Å². The lowest BCUT2D eigenvalue weighted by Gasteiger charge is -2.36. The van der Waals surface area contributed by atoms with E-state index in [9.17, 15) is 23.6 Å². The zero-order chi connectivity index (χ0) is 29.5. The first kappa shape index (κ1) is 30.2. The van der Waals surface area contributed by atoms with E-state index in [1.807, 2.05) is 24.3 Å². The maximum absolute atomic E-state index is 13.8. The maximum atomic E-state index is 13.8. The van der Waals surface area contributed by atoms with Gasteiger partial charge < -0.3 is 21.3 Å². The molecule has 0 spiro atoms. The smallest absolute Gasteiger partial charge is 0.247 e. The minimum absolute atomic E-state index is 0.00364. The molecular formula is C30H29Cl2FN4O4. The van der Waals surface area contributed by atoms with Crippen molar-refractivity contribution < 1.29 is 23.6 Å². The van der Waals surface area contributed by atoms with Gasteiger partial charge in [0.15, 0.2) is 11.6 Å². The Hall–Kier alpha value is -3.79. The van der Waals surface area contributed by atoms with Crippen LogP contribution in [0.5, 0.6) is 0 Å². The van der Waals surface area contributed by atoms with Gasteiger partial charge in [-0.15, -0.1) is 0 Å². The molecule has 1 heterocycles. The quantitative estimate of drug-likeness (QED) is 0.234. The molecule has 3 aromatic carbocycles. The van der Waals surface area contributed by atoms with Crippen LogP contribution in [-0.2, 0) is 27.3 Å². The number of ketones is 1. The fraction of sp³-hybridized carbons (Fsp3) is 0.267. The molecule has 1 aliphatic rings. The third-order valence-electron chi connectivity index (χ3n) is 6.87. The Morgan fingerprint density at radius 2 is 1.59 bits per heavy atom. The number of carbonyl (C=O) groups is 4. The van der Waals surface area contributed by atoms with E-state index in [1.54, 1.807) is 30.3 Å². The number of nitrogens with one attached hydrogen (secondary N) is 2. The summed E-state index contributed by atoms with van der Waals surface area (Å²) in [6.45, 7) is 0.272. The van der Waals surface area contributed by atoms with Gasteiger partial charge in [-0.25, -0.2) is 4.39 Å². The van der Waals surface area contributed by atoms with E-state index < -0.39 is 29.7 Å². The Morgan fingerprint density at radius 1 is 0.951 bits per heavy atom. The molecule has 0 radical (unpaired) electrons. The Balaban J connectivity index is 1.49. The van der Waals surface area contributed by atoms with Gasteiger partial charge in [0.05, 0.1) is 10.0 Å². The normalized spacial score (nSPS) is 15.0. The van der Waals surface area contributed by atoms with Gasteiger partial charge in [-0.05, 0) is 36.2 Å². The number of nitrogens with two attached hydrogens (primary N) is 1. The summed E-state index contributed by atoms with van der Waals surface area (Å²) in [5.41, 5.74) is 8.19. The Labute approximate surface area is 247 Å². The number of anilines is 1. The van der Waals surface area contributed by atoms with E-state index in [1.165, 1.54) is 17.0 Å². The molecule has 0 saturated carbocycles. The third kappa shape index (κ3) is 7.49. The lowest BCUT2D eigenvalue weighted by atomic mass is 9.92. The monoisotopic (exact) mass is 598 g/mol.